The Balaban J connectivity index is 2.57. The van der Waals surface area contributed by atoms with Crippen molar-refractivity contribution in [2.75, 3.05) is 0 Å². The van der Waals surface area contributed by atoms with Crippen LogP contribution in [0.5, 0.6) is 0 Å². The van der Waals surface area contributed by atoms with Gasteiger partial charge >= 0.3 is 11.1 Å². The quantitative estimate of drug-likeness (QED) is 0.790. The fourth-order valence-corrected chi connectivity index (χ4v) is 2.07. The molecule has 4 nitrogen and oxygen atoms in total. The van der Waals surface area contributed by atoms with Gasteiger partial charge in [-0.3, -0.25) is 14.2 Å². The van der Waals surface area contributed by atoms with E-state index in [1.165, 1.54) is 9.13 Å². The molecule has 19 heavy (non-hydrogen) atoms. The molecule has 0 aliphatic heterocycles. The summed E-state index contributed by atoms with van der Waals surface area (Å²) in [5.74, 6) is 0.325. The van der Waals surface area contributed by atoms with E-state index in [1.54, 1.807) is 12.4 Å². The lowest BCUT2D eigenvalue weighted by molar-refractivity contribution is 0.504. The van der Waals surface area contributed by atoms with Crippen molar-refractivity contribution in [3.63, 3.8) is 0 Å². The molecule has 2 rings (SSSR count). The minimum absolute atomic E-state index is 0.325. The van der Waals surface area contributed by atoms with Crippen LogP contribution in [0.2, 0.25) is 0 Å². The molecule has 0 amide bonds. The molecule has 0 fully saturated rings. The number of para-hydroxylation sites is 1. The highest BCUT2D eigenvalue weighted by Gasteiger charge is 2.08. The van der Waals surface area contributed by atoms with Crippen LogP contribution < -0.4 is 11.1 Å². The van der Waals surface area contributed by atoms with Gasteiger partial charge in [-0.25, -0.2) is 0 Å². The Morgan fingerprint density at radius 2 is 1.74 bits per heavy atom. The highest BCUT2D eigenvalue weighted by molar-refractivity contribution is 5.39. The second kappa shape index (κ2) is 5.26. The van der Waals surface area contributed by atoms with Crippen molar-refractivity contribution < 1.29 is 0 Å². The topological polar surface area (TPSA) is 44.0 Å². The Morgan fingerprint density at radius 3 is 2.37 bits per heavy atom. The Labute approximate surface area is 111 Å². The summed E-state index contributed by atoms with van der Waals surface area (Å²) in [4.78, 5) is 24.2. The summed E-state index contributed by atoms with van der Waals surface area (Å²) in [6, 6.07) is 7.52. The third-order valence-electron chi connectivity index (χ3n) is 3.00. The molecule has 100 valence electrons. The standard InChI is InChI=1S/C15H18N2O2/c1-11(2)10-16-8-9-17(15(19)14(16)18)13-7-5-4-6-12(13)3/h4-9,11H,10H2,1-3H3. The van der Waals surface area contributed by atoms with Crippen molar-refractivity contribution >= 4 is 0 Å². The summed E-state index contributed by atoms with van der Waals surface area (Å²) >= 11 is 0. The van der Waals surface area contributed by atoms with Crippen LogP contribution in [0.1, 0.15) is 19.4 Å². The minimum atomic E-state index is -0.502. The number of aromatic nitrogens is 2. The molecule has 0 unspecified atom stereocenters. The number of nitrogens with zero attached hydrogens (tertiary/aromatic N) is 2. The van der Waals surface area contributed by atoms with Crippen LogP contribution in [0.3, 0.4) is 0 Å². The van der Waals surface area contributed by atoms with Crippen molar-refractivity contribution in [2.24, 2.45) is 5.92 Å². The number of aryl methyl sites for hydroxylation is 1. The van der Waals surface area contributed by atoms with Crippen molar-refractivity contribution in [1.29, 1.82) is 0 Å². The average Bonchev–Trinajstić information content (AvgIpc) is 2.36. The zero-order valence-electron chi connectivity index (χ0n) is 11.5. The monoisotopic (exact) mass is 258 g/mol. The van der Waals surface area contributed by atoms with E-state index >= 15 is 0 Å². The van der Waals surface area contributed by atoms with Gasteiger partial charge in [-0.05, 0) is 24.5 Å². The molecule has 1 aromatic carbocycles. The summed E-state index contributed by atoms with van der Waals surface area (Å²) < 4.78 is 2.89. The van der Waals surface area contributed by atoms with E-state index in [-0.39, 0.29) is 0 Å². The molecule has 1 aromatic heterocycles. The normalized spacial score (nSPS) is 10.9. The maximum absolute atomic E-state index is 12.2. The van der Waals surface area contributed by atoms with Gasteiger partial charge in [0, 0.05) is 18.9 Å². The molecule has 1 heterocycles. The molecule has 0 N–H and O–H groups in total. The maximum Gasteiger partial charge on any atom is 0.320 e. The van der Waals surface area contributed by atoms with Crippen LogP contribution in [0.15, 0.2) is 46.2 Å². The summed E-state index contributed by atoms with van der Waals surface area (Å²) in [7, 11) is 0. The largest absolute Gasteiger partial charge is 0.320 e. The molecule has 0 bridgehead atoms. The molecule has 0 aliphatic carbocycles. The molecule has 0 radical (unpaired) electrons. The molecular formula is C15H18N2O2. The van der Waals surface area contributed by atoms with E-state index in [0.29, 0.717) is 12.5 Å². The van der Waals surface area contributed by atoms with Crippen LogP contribution in [0, 0.1) is 12.8 Å². The van der Waals surface area contributed by atoms with Gasteiger partial charge in [0.15, 0.2) is 0 Å². The average molecular weight is 258 g/mol. The first-order valence-corrected chi connectivity index (χ1v) is 6.39. The van der Waals surface area contributed by atoms with Crippen LogP contribution >= 0.6 is 0 Å². The Morgan fingerprint density at radius 1 is 1.05 bits per heavy atom. The van der Waals surface area contributed by atoms with Gasteiger partial charge in [0.2, 0.25) is 0 Å². The number of hydrogen-bond acceptors (Lipinski definition) is 2. The van der Waals surface area contributed by atoms with E-state index in [4.69, 9.17) is 0 Å². The van der Waals surface area contributed by atoms with Gasteiger partial charge in [0.25, 0.3) is 0 Å². The number of benzene rings is 1. The fraction of sp³-hybridized carbons (Fsp3) is 0.333. The lowest BCUT2D eigenvalue weighted by Crippen LogP contribution is -2.40. The zero-order valence-corrected chi connectivity index (χ0v) is 11.5. The van der Waals surface area contributed by atoms with Gasteiger partial charge in [-0.15, -0.1) is 0 Å². The van der Waals surface area contributed by atoms with E-state index < -0.39 is 11.1 Å². The predicted molar refractivity (Wildman–Crippen MR) is 75.9 cm³/mol. The molecular weight excluding hydrogens is 240 g/mol. The van der Waals surface area contributed by atoms with Crippen molar-refractivity contribution in [1.82, 2.24) is 9.13 Å². The first-order chi connectivity index (χ1) is 9.00. The summed E-state index contributed by atoms with van der Waals surface area (Å²) in [6.07, 6.45) is 3.34. The second-order valence-electron chi connectivity index (χ2n) is 5.11. The second-order valence-corrected chi connectivity index (χ2v) is 5.11. The Kier molecular flexibility index (Phi) is 3.69. The molecule has 0 spiro atoms. The van der Waals surface area contributed by atoms with E-state index in [9.17, 15) is 9.59 Å². The van der Waals surface area contributed by atoms with Crippen LogP contribution in [-0.4, -0.2) is 9.13 Å². The Bertz CT molecular complexity index is 696. The van der Waals surface area contributed by atoms with Gasteiger partial charge < -0.3 is 4.57 Å². The molecule has 0 saturated carbocycles. The zero-order chi connectivity index (χ0) is 14.0. The SMILES string of the molecule is Cc1ccccc1-n1ccn(CC(C)C)c(=O)c1=O. The molecule has 2 aromatic rings. The van der Waals surface area contributed by atoms with Crippen molar-refractivity contribution in [3.8, 4) is 5.69 Å². The lowest BCUT2D eigenvalue weighted by Gasteiger charge is -2.12. The first kappa shape index (κ1) is 13.3. The van der Waals surface area contributed by atoms with E-state index in [2.05, 4.69) is 0 Å². The summed E-state index contributed by atoms with van der Waals surface area (Å²) in [5.41, 5.74) is 0.740. The highest BCUT2D eigenvalue weighted by Crippen LogP contribution is 2.10. The van der Waals surface area contributed by atoms with E-state index in [0.717, 1.165) is 11.3 Å². The van der Waals surface area contributed by atoms with Gasteiger partial charge in [-0.1, -0.05) is 32.0 Å². The molecule has 0 aliphatic rings. The van der Waals surface area contributed by atoms with Gasteiger partial charge in [0.05, 0.1) is 5.69 Å². The summed E-state index contributed by atoms with van der Waals surface area (Å²) in [5, 5.41) is 0. The molecule has 0 saturated heterocycles. The maximum atomic E-state index is 12.2. The van der Waals surface area contributed by atoms with Crippen LogP contribution in [0.25, 0.3) is 5.69 Å². The lowest BCUT2D eigenvalue weighted by atomic mass is 10.2. The highest BCUT2D eigenvalue weighted by atomic mass is 16.2. The first-order valence-electron chi connectivity index (χ1n) is 6.39. The number of rotatable bonds is 3. The molecule has 4 heteroatoms. The van der Waals surface area contributed by atoms with Gasteiger partial charge in [0.1, 0.15) is 0 Å². The van der Waals surface area contributed by atoms with Crippen molar-refractivity contribution in [2.45, 2.75) is 27.3 Å². The Hall–Kier alpha value is -2.10. The smallest absolute Gasteiger partial charge is 0.309 e. The van der Waals surface area contributed by atoms with Crippen LogP contribution in [-0.2, 0) is 6.54 Å². The third kappa shape index (κ3) is 2.67. The molecule has 0 atom stereocenters. The number of hydrogen-bond donors (Lipinski definition) is 0. The van der Waals surface area contributed by atoms with Crippen molar-refractivity contribution in [3.05, 3.63) is 62.9 Å². The van der Waals surface area contributed by atoms with Gasteiger partial charge in [-0.2, -0.15) is 0 Å². The minimum Gasteiger partial charge on any atom is -0.309 e. The predicted octanol–water partition coefficient (Wildman–Crippen LogP) is 1.96. The summed E-state index contributed by atoms with van der Waals surface area (Å²) in [6.45, 7) is 6.50. The van der Waals surface area contributed by atoms with Crippen LogP contribution in [0.4, 0.5) is 0 Å². The third-order valence-corrected chi connectivity index (χ3v) is 3.00. The fourth-order valence-electron chi connectivity index (χ4n) is 2.07. The van der Waals surface area contributed by atoms with E-state index in [1.807, 2.05) is 45.0 Å².